The molecular formula is C43H58N2O13. The number of carbonyl (C=O) groups excluding carboxylic acids is 4. The summed E-state index contributed by atoms with van der Waals surface area (Å²) >= 11 is 0. The van der Waals surface area contributed by atoms with Crippen molar-refractivity contribution in [2.45, 2.75) is 112 Å². The highest BCUT2D eigenvalue weighted by Gasteiger charge is 2.49. The van der Waals surface area contributed by atoms with E-state index >= 15 is 0 Å². The van der Waals surface area contributed by atoms with Crippen LogP contribution in [-0.4, -0.2) is 93.5 Å². The largest absolute Gasteiger partial charge is 0.507 e. The van der Waals surface area contributed by atoms with Crippen LogP contribution in [0.2, 0.25) is 0 Å². The molecule has 0 aliphatic carbocycles. The molecule has 0 radical (unpaired) electrons. The maximum Gasteiger partial charge on any atom is 0.312 e. The number of ether oxygens (including phenoxy) is 5. The molecule has 3 heterocycles. The number of esters is 1. The molecule has 0 saturated carbocycles. The number of Topliss-reactive ketones (excluding diaryl/α,β-unsaturated/α-hetero) is 1. The topological polar surface area (TPSA) is 219 Å². The molecule has 5 rings (SSSR count). The molecule has 0 aromatic heterocycles. The standard InChI is InChI=1S/C43H58N2O13/c1-20-14-13-15-21(2)41(53)44-27-18-29(55-19-30(47)45-42(8,9)10)31-32(37(27)51)36(50)25(6)39-33(31)40(52)43(11,58-39)56-17-16-28(54-12)22(3)38(57-26(7)46)24(5)35(49)23(4)34(20)48/h13-18,20,22-24,28,34-35,38,48-51H,19H2,1-12H3,(H,44,53)(H,45,47)/b14-13+,17-16+,21-15-/t20-,22+,23+,24+,28-,34-,35+,38+,43-/m0/s1. The van der Waals surface area contributed by atoms with Gasteiger partial charge in [0, 0.05) is 72.8 Å². The zero-order valence-electron chi connectivity index (χ0n) is 35.3. The Morgan fingerprint density at radius 3 is 2.22 bits per heavy atom. The predicted octanol–water partition coefficient (Wildman–Crippen LogP) is 5.34. The molecule has 15 heteroatoms. The summed E-state index contributed by atoms with van der Waals surface area (Å²) in [6.45, 7) is 17.3. The summed E-state index contributed by atoms with van der Waals surface area (Å²) in [7, 11) is 1.43. The first kappa shape index (κ1) is 45.6. The maximum atomic E-state index is 14.4. The fourth-order valence-electron chi connectivity index (χ4n) is 7.35. The van der Waals surface area contributed by atoms with E-state index in [1.165, 1.54) is 59.3 Å². The minimum absolute atomic E-state index is 0.0675. The number of aliphatic hydroxyl groups excluding tert-OH is 2. The van der Waals surface area contributed by atoms with Crippen LogP contribution in [0.15, 0.2) is 42.2 Å². The van der Waals surface area contributed by atoms with Crippen molar-refractivity contribution in [1.82, 2.24) is 5.32 Å². The molecule has 2 aromatic rings. The van der Waals surface area contributed by atoms with E-state index in [2.05, 4.69) is 10.6 Å². The van der Waals surface area contributed by atoms with Gasteiger partial charge in [0.15, 0.2) is 12.4 Å². The van der Waals surface area contributed by atoms with Gasteiger partial charge in [-0.25, -0.2) is 0 Å². The number of nitrogens with one attached hydrogen (secondary N) is 2. The van der Waals surface area contributed by atoms with Crippen LogP contribution in [0.5, 0.6) is 23.0 Å². The van der Waals surface area contributed by atoms with E-state index in [0.717, 1.165) is 0 Å². The first-order valence-corrected chi connectivity index (χ1v) is 19.2. The number of anilines is 1. The van der Waals surface area contributed by atoms with E-state index in [1.807, 2.05) is 0 Å². The van der Waals surface area contributed by atoms with Gasteiger partial charge in [-0.15, -0.1) is 0 Å². The lowest BCUT2D eigenvalue weighted by atomic mass is 9.78. The Bertz CT molecular complexity index is 2010. The molecular weight excluding hydrogens is 752 g/mol. The molecule has 2 amide bonds. The summed E-state index contributed by atoms with van der Waals surface area (Å²) < 4.78 is 29.6. The summed E-state index contributed by atoms with van der Waals surface area (Å²) in [6, 6.07) is 1.25. The number of amides is 2. The van der Waals surface area contributed by atoms with Crippen molar-refractivity contribution in [3.63, 3.8) is 0 Å². The van der Waals surface area contributed by atoms with Gasteiger partial charge in [0.05, 0.1) is 41.2 Å². The molecule has 0 saturated heterocycles. The van der Waals surface area contributed by atoms with Gasteiger partial charge in [-0.3, -0.25) is 19.2 Å². The first-order chi connectivity index (χ1) is 26.9. The highest BCUT2D eigenvalue weighted by Crippen LogP contribution is 2.54. The van der Waals surface area contributed by atoms with Crippen LogP contribution in [-0.2, 0) is 28.6 Å². The van der Waals surface area contributed by atoms with Gasteiger partial charge in [-0.2, -0.15) is 0 Å². The first-order valence-electron chi connectivity index (χ1n) is 19.2. The average Bonchev–Trinajstić information content (AvgIpc) is 3.41. The van der Waals surface area contributed by atoms with Crippen LogP contribution in [0.1, 0.15) is 85.2 Å². The number of ketones is 1. The minimum atomic E-state index is -2.03. The quantitative estimate of drug-likeness (QED) is 0.166. The Kier molecular flexibility index (Phi) is 14.0. The molecule has 0 unspecified atom stereocenters. The van der Waals surface area contributed by atoms with Gasteiger partial charge in [0.25, 0.3) is 17.6 Å². The number of aromatic hydroxyl groups is 2. The maximum absolute atomic E-state index is 14.4. The fraction of sp³-hybridized carbons (Fsp3) is 0.535. The van der Waals surface area contributed by atoms with Crippen molar-refractivity contribution in [2.75, 3.05) is 19.0 Å². The van der Waals surface area contributed by atoms with Crippen LogP contribution in [0.3, 0.4) is 0 Å². The van der Waals surface area contributed by atoms with E-state index < -0.39 is 101 Å². The number of phenolic OH excluding ortho intramolecular Hbond substituents is 2. The second-order valence-corrected chi connectivity index (χ2v) is 16.5. The van der Waals surface area contributed by atoms with E-state index in [-0.39, 0.29) is 44.7 Å². The number of allylic oxidation sites excluding steroid dienone is 2. The van der Waals surface area contributed by atoms with E-state index in [0.29, 0.717) is 0 Å². The van der Waals surface area contributed by atoms with Gasteiger partial charge >= 0.3 is 11.8 Å². The number of benzene rings is 2. The van der Waals surface area contributed by atoms with E-state index in [9.17, 15) is 39.6 Å². The lowest BCUT2D eigenvalue weighted by Gasteiger charge is -2.38. The number of carbonyl (C=O) groups is 4. The molecule has 3 aliphatic rings. The smallest absolute Gasteiger partial charge is 0.312 e. The van der Waals surface area contributed by atoms with E-state index in [4.69, 9.17) is 23.7 Å². The summed E-state index contributed by atoms with van der Waals surface area (Å²) in [5.74, 6) is -8.24. The number of methoxy groups -OCH3 is 1. The minimum Gasteiger partial charge on any atom is -0.507 e. The Morgan fingerprint density at radius 2 is 1.62 bits per heavy atom. The Labute approximate surface area is 339 Å². The third-order valence-electron chi connectivity index (χ3n) is 10.7. The third kappa shape index (κ3) is 9.59. The molecule has 6 N–H and O–H groups in total. The molecule has 0 spiro atoms. The summed E-state index contributed by atoms with van der Waals surface area (Å²) in [5.41, 5.74) is -0.653. The zero-order valence-corrected chi connectivity index (χ0v) is 35.3. The van der Waals surface area contributed by atoms with Gasteiger partial charge in [-0.1, -0.05) is 45.9 Å². The number of aliphatic hydroxyl groups is 2. The summed E-state index contributed by atoms with van der Waals surface area (Å²) in [4.78, 5) is 53.2. The van der Waals surface area contributed by atoms with Crippen LogP contribution >= 0.6 is 0 Å². The molecule has 2 aromatic carbocycles. The monoisotopic (exact) mass is 810 g/mol. The molecule has 5 bridgehead atoms. The lowest BCUT2D eigenvalue weighted by Crippen LogP contribution is -2.46. The molecule has 0 fully saturated rings. The van der Waals surface area contributed by atoms with Crippen molar-refractivity contribution in [2.24, 2.45) is 23.7 Å². The molecule has 3 aliphatic heterocycles. The number of hydrogen-bond acceptors (Lipinski definition) is 13. The molecule has 318 valence electrons. The van der Waals surface area contributed by atoms with Crippen molar-refractivity contribution in [3.8, 4) is 23.0 Å². The highest BCUT2D eigenvalue weighted by atomic mass is 16.7. The van der Waals surface area contributed by atoms with Crippen LogP contribution < -0.4 is 20.1 Å². The van der Waals surface area contributed by atoms with Gasteiger partial charge in [-0.05, 0) is 40.7 Å². The van der Waals surface area contributed by atoms with Gasteiger partial charge < -0.3 is 54.7 Å². The highest BCUT2D eigenvalue weighted by molar-refractivity contribution is 6.21. The lowest BCUT2D eigenvalue weighted by molar-refractivity contribution is -0.160. The average molecular weight is 811 g/mol. The number of phenols is 2. The third-order valence-corrected chi connectivity index (χ3v) is 10.7. The second-order valence-electron chi connectivity index (χ2n) is 16.5. The number of fused-ring (bicyclic) bond motifs is 14. The van der Waals surface area contributed by atoms with Crippen LogP contribution in [0, 0.1) is 30.6 Å². The predicted molar refractivity (Wildman–Crippen MR) is 216 cm³/mol. The SMILES string of the molecule is CO[C@H]1/C=C/O[C@@]2(C)Oc3c(C)c(O)c4c(O)c(cc(OCC(=O)NC(C)(C)C)c4c3C2=O)NC(=O)/C(C)=C\C=C\[C@H](C)[C@H](O)[C@@H](C)[C@@H](O)[C@@H](C)[C@H](OC(C)=O)[C@@H]1C. The van der Waals surface area contributed by atoms with Crippen molar-refractivity contribution in [3.05, 3.63) is 53.3 Å². The van der Waals surface area contributed by atoms with E-state index in [1.54, 1.807) is 60.6 Å². The molecule has 9 atom stereocenters. The molecule has 58 heavy (non-hydrogen) atoms. The number of hydrogen-bond donors (Lipinski definition) is 6. The fourth-order valence-corrected chi connectivity index (χ4v) is 7.35. The van der Waals surface area contributed by atoms with Crippen molar-refractivity contribution < 1.29 is 63.3 Å². The van der Waals surface area contributed by atoms with Crippen LogP contribution in [0.4, 0.5) is 5.69 Å². The Morgan fingerprint density at radius 1 is 0.966 bits per heavy atom. The Balaban J connectivity index is 1.93. The normalized spacial score (nSPS) is 30.4. The van der Waals surface area contributed by atoms with Crippen molar-refractivity contribution in [1.29, 1.82) is 0 Å². The summed E-state index contributed by atoms with van der Waals surface area (Å²) in [6.07, 6.45) is 3.56. The van der Waals surface area contributed by atoms with Gasteiger partial charge in [0.2, 0.25) is 0 Å². The van der Waals surface area contributed by atoms with Gasteiger partial charge in [0.1, 0.15) is 23.4 Å². The Hall–Kier alpha value is -5.12. The number of rotatable bonds is 5. The molecule has 15 nitrogen and oxygen atoms in total. The van der Waals surface area contributed by atoms with Crippen LogP contribution in [0.25, 0.3) is 10.8 Å². The van der Waals surface area contributed by atoms with Crippen molar-refractivity contribution >= 4 is 40.0 Å². The second kappa shape index (κ2) is 17.8. The summed E-state index contributed by atoms with van der Waals surface area (Å²) in [5, 5.41) is 51.1. The zero-order chi connectivity index (χ0) is 43.6.